The van der Waals surface area contributed by atoms with E-state index < -0.39 is 0 Å². The lowest BCUT2D eigenvalue weighted by atomic mass is 10.00. The van der Waals surface area contributed by atoms with Crippen molar-refractivity contribution < 1.29 is 4.79 Å². The number of piperidine rings is 1. The van der Waals surface area contributed by atoms with Crippen molar-refractivity contribution in [2.45, 2.75) is 51.0 Å². The van der Waals surface area contributed by atoms with Crippen molar-refractivity contribution in [3.63, 3.8) is 0 Å². The van der Waals surface area contributed by atoms with Gasteiger partial charge in [-0.15, -0.1) is 24.8 Å². The van der Waals surface area contributed by atoms with Gasteiger partial charge >= 0.3 is 0 Å². The van der Waals surface area contributed by atoms with Crippen LogP contribution in [0.15, 0.2) is 18.2 Å². The summed E-state index contributed by atoms with van der Waals surface area (Å²) < 4.78 is 0. The number of anilines is 2. The van der Waals surface area contributed by atoms with Crippen LogP contribution < -0.4 is 16.0 Å². The highest BCUT2D eigenvalue weighted by Gasteiger charge is 2.26. The van der Waals surface area contributed by atoms with Crippen LogP contribution in [0.5, 0.6) is 0 Å². The van der Waals surface area contributed by atoms with Crippen molar-refractivity contribution in [1.82, 2.24) is 0 Å². The number of halogens is 3. The second kappa shape index (κ2) is 10.5. The van der Waals surface area contributed by atoms with Crippen LogP contribution in [0, 0.1) is 5.92 Å². The number of amides is 1. The van der Waals surface area contributed by atoms with Gasteiger partial charge in [-0.2, -0.15) is 0 Å². The molecule has 1 aliphatic heterocycles. The second-order valence-corrected chi connectivity index (χ2v) is 7.25. The van der Waals surface area contributed by atoms with Crippen LogP contribution in [-0.4, -0.2) is 25.0 Å². The Labute approximate surface area is 167 Å². The third-order valence-electron chi connectivity index (χ3n) is 5.09. The van der Waals surface area contributed by atoms with Gasteiger partial charge in [-0.05, 0) is 56.2 Å². The summed E-state index contributed by atoms with van der Waals surface area (Å²) in [7, 11) is 0. The Hall–Kier alpha value is -0.680. The first-order chi connectivity index (χ1) is 11.1. The lowest BCUT2D eigenvalue weighted by molar-refractivity contribution is -0.117. The lowest BCUT2D eigenvalue weighted by Gasteiger charge is -2.30. The molecule has 1 saturated carbocycles. The quantitative estimate of drug-likeness (QED) is 0.763. The molecule has 1 saturated heterocycles. The molecule has 142 valence electrons. The second-order valence-electron chi connectivity index (χ2n) is 6.82. The molecule has 1 heterocycles. The van der Waals surface area contributed by atoms with Crippen LogP contribution in [0.2, 0.25) is 5.02 Å². The molecule has 0 radical (unpaired) electrons. The number of nitrogens with two attached hydrogens (primary N) is 1. The van der Waals surface area contributed by atoms with E-state index in [1.807, 2.05) is 18.2 Å². The van der Waals surface area contributed by atoms with Gasteiger partial charge in [0.15, 0.2) is 0 Å². The van der Waals surface area contributed by atoms with Gasteiger partial charge in [0.2, 0.25) is 5.91 Å². The molecule has 25 heavy (non-hydrogen) atoms. The molecule has 2 fully saturated rings. The Balaban J connectivity index is 0.00000156. The van der Waals surface area contributed by atoms with Crippen molar-refractivity contribution >= 4 is 53.7 Å². The van der Waals surface area contributed by atoms with E-state index >= 15 is 0 Å². The third-order valence-corrected chi connectivity index (χ3v) is 5.33. The molecule has 1 amide bonds. The van der Waals surface area contributed by atoms with Crippen LogP contribution in [0.25, 0.3) is 0 Å². The molecule has 0 aromatic heterocycles. The van der Waals surface area contributed by atoms with Crippen molar-refractivity contribution in [2.75, 3.05) is 23.3 Å². The Kier molecular flexibility index (Phi) is 9.36. The Morgan fingerprint density at radius 1 is 1.16 bits per heavy atom. The van der Waals surface area contributed by atoms with E-state index in [1.165, 1.54) is 19.3 Å². The number of carbonyl (C=O) groups excluding carboxylic acids is 1. The molecule has 1 aliphatic carbocycles. The summed E-state index contributed by atoms with van der Waals surface area (Å²) in [5, 5.41) is 3.73. The van der Waals surface area contributed by atoms with Crippen LogP contribution in [0.1, 0.15) is 44.9 Å². The molecule has 3 N–H and O–H groups in total. The highest BCUT2D eigenvalue weighted by atomic mass is 35.5. The van der Waals surface area contributed by atoms with E-state index in [4.69, 9.17) is 17.3 Å². The summed E-state index contributed by atoms with van der Waals surface area (Å²) in [4.78, 5) is 14.8. The molecule has 1 aromatic rings. The third kappa shape index (κ3) is 5.92. The molecule has 2 atom stereocenters. The lowest BCUT2D eigenvalue weighted by Crippen LogP contribution is -2.31. The Morgan fingerprint density at radius 2 is 1.88 bits per heavy atom. The molecule has 1 aromatic carbocycles. The van der Waals surface area contributed by atoms with Crippen LogP contribution in [0.4, 0.5) is 11.4 Å². The number of hydrogen-bond acceptors (Lipinski definition) is 3. The zero-order chi connectivity index (χ0) is 16.2. The highest BCUT2D eigenvalue weighted by molar-refractivity contribution is 6.31. The van der Waals surface area contributed by atoms with Gasteiger partial charge in [0.05, 0.1) is 11.4 Å². The van der Waals surface area contributed by atoms with E-state index in [1.54, 1.807) is 0 Å². The first-order valence-electron chi connectivity index (χ1n) is 8.73. The molecule has 0 unspecified atom stereocenters. The molecule has 0 spiro atoms. The molecule has 0 bridgehead atoms. The number of benzene rings is 1. The zero-order valence-corrected chi connectivity index (χ0v) is 16.8. The van der Waals surface area contributed by atoms with Gasteiger partial charge in [0.25, 0.3) is 0 Å². The normalized spacial score (nSPS) is 22.7. The van der Waals surface area contributed by atoms with Gasteiger partial charge in [-0.3, -0.25) is 4.79 Å². The molecule has 3 rings (SSSR count). The van der Waals surface area contributed by atoms with E-state index in [0.29, 0.717) is 17.4 Å². The highest BCUT2D eigenvalue weighted by Crippen LogP contribution is 2.32. The first kappa shape index (κ1) is 22.4. The molecular weight excluding hydrogens is 381 g/mol. The minimum atomic E-state index is 0. The number of nitrogens with one attached hydrogen (secondary N) is 1. The maximum absolute atomic E-state index is 12.4. The summed E-state index contributed by atoms with van der Waals surface area (Å²) in [6.07, 6.45) is 7.42. The number of hydrogen-bond donors (Lipinski definition) is 2. The minimum absolute atomic E-state index is 0. The Morgan fingerprint density at radius 3 is 2.52 bits per heavy atom. The number of rotatable bonds is 4. The zero-order valence-electron chi connectivity index (χ0n) is 14.4. The fraction of sp³-hybridized carbons (Fsp3) is 0.611. The van der Waals surface area contributed by atoms with Crippen LogP contribution >= 0.6 is 36.4 Å². The molecule has 4 nitrogen and oxygen atoms in total. The SMILES string of the molecule is Cl.Cl.N[C@@H]1CCC[C@H]1CC(=O)Nc1cc(Cl)ccc1N1CCCCC1. The van der Waals surface area contributed by atoms with E-state index in [9.17, 15) is 4.79 Å². The molecule has 2 aliphatic rings. The monoisotopic (exact) mass is 407 g/mol. The summed E-state index contributed by atoms with van der Waals surface area (Å²) in [6, 6.07) is 5.94. The summed E-state index contributed by atoms with van der Waals surface area (Å²) in [6.45, 7) is 2.08. The fourth-order valence-electron chi connectivity index (χ4n) is 3.78. The summed E-state index contributed by atoms with van der Waals surface area (Å²) in [5.41, 5.74) is 7.99. The fourth-order valence-corrected chi connectivity index (χ4v) is 3.95. The van der Waals surface area contributed by atoms with Gasteiger partial charge in [-0.25, -0.2) is 0 Å². The van der Waals surface area contributed by atoms with Gasteiger partial charge < -0.3 is 16.0 Å². The first-order valence-corrected chi connectivity index (χ1v) is 9.11. The molecular formula is C18H28Cl3N3O. The average Bonchev–Trinajstić information content (AvgIpc) is 2.93. The van der Waals surface area contributed by atoms with E-state index in [2.05, 4.69) is 10.2 Å². The topological polar surface area (TPSA) is 58.4 Å². The smallest absolute Gasteiger partial charge is 0.224 e. The van der Waals surface area contributed by atoms with Crippen molar-refractivity contribution in [3.05, 3.63) is 23.2 Å². The standard InChI is InChI=1S/C18H26ClN3O.2ClH/c19-14-7-8-17(22-9-2-1-3-10-22)16(12-14)21-18(23)11-13-5-4-6-15(13)20;;/h7-8,12-13,15H,1-6,9-11,20H2,(H,21,23);2*1H/t13-,15+;;/m0../s1. The predicted octanol–water partition coefficient (Wildman–Crippen LogP) is 4.63. The van der Waals surface area contributed by atoms with Crippen molar-refractivity contribution in [3.8, 4) is 0 Å². The summed E-state index contributed by atoms with van der Waals surface area (Å²) >= 11 is 6.14. The largest absolute Gasteiger partial charge is 0.370 e. The summed E-state index contributed by atoms with van der Waals surface area (Å²) in [5.74, 6) is 0.362. The van der Waals surface area contributed by atoms with E-state index in [-0.39, 0.29) is 36.8 Å². The maximum atomic E-state index is 12.4. The van der Waals surface area contributed by atoms with Gasteiger partial charge in [0, 0.05) is 30.6 Å². The Bertz CT molecular complexity index is 564. The van der Waals surface area contributed by atoms with Crippen LogP contribution in [0.3, 0.4) is 0 Å². The predicted molar refractivity (Wildman–Crippen MR) is 111 cm³/mol. The minimum Gasteiger partial charge on any atom is -0.370 e. The van der Waals surface area contributed by atoms with Crippen molar-refractivity contribution in [1.29, 1.82) is 0 Å². The maximum Gasteiger partial charge on any atom is 0.224 e. The van der Waals surface area contributed by atoms with Crippen molar-refractivity contribution in [2.24, 2.45) is 11.7 Å². The van der Waals surface area contributed by atoms with Crippen LogP contribution in [-0.2, 0) is 4.79 Å². The van der Waals surface area contributed by atoms with Gasteiger partial charge in [-0.1, -0.05) is 18.0 Å². The number of nitrogens with zero attached hydrogens (tertiary/aromatic N) is 1. The average molecular weight is 409 g/mol. The molecule has 7 heteroatoms. The van der Waals surface area contributed by atoms with Gasteiger partial charge in [0.1, 0.15) is 0 Å². The van der Waals surface area contributed by atoms with E-state index in [0.717, 1.165) is 43.7 Å². The number of carbonyl (C=O) groups is 1.